The fourth-order valence-electron chi connectivity index (χ4n) is 2.66. The standard InChI is InChI=1S/C18H30N2O6/c1-13(21)25-11-17(3,4)15(23)19-7-9-20(10-8-19)16(24)18(5,6)12-26-14(2)22/h7-12H2,1-6H3. The average Bonchev–Trinajstić information content (AvgIpc) is 2.57. The van der Waals surface area contributed by atoms with Crippen LogP contribution in [0.25, 0.3) is 0 Å². The molecule has 0 spiro atoms. The molecule has 1 aliphatic heterocycles. The lowest BCUT2D eigenvalue weighted by Gasteiger charge is -2.40. The molecule has 8 nitrogen and oxygen atoms in total. The van der Waals surface area contributed by atoms with Gasteiger partial charge in [0.25, 0.3) is 0 Å². The summed E-state index contributed by atoms with van der Waals surface area (Å²) in [5.74, 6) is -1.05. The van der Waals surface area contributed by atoms with Gasteiger partial charge in [-0.15, -0.1) is 0 Å². The van der Waals surface area contributed by atoms with Crippen LogP contribution in [-0.4, -0.2) is 72.9 Å². The van der Waals surface area contributed by atoms with E-state index in [0.717, 1.165) is 0 Å². The molecule has 1 saturated heterocycles. The lowest BCUT2D eigenvalue weighted by molar-refractivity contribution is -0.158. The van der Waals surface area contributed by atoms with Crippen molar-refractivity contribution in [1.82, 2.24) is 9.80 Å². The first-order valence-corrected chi connectivity index (χ1v) is 8.72. The van der Waals surface area contributed by atoms with Crippen molar-refractivity contribution in [1.29, 1.82) is 0 Å². The van der Waals surface area contributed by atoms with E-state index in [0.29, 0.717) is 26.2 Å². The van der Waals surface area contributed by atoms with Gasteiger partial charge in [0.2, 0.25) is 11.8 Å². The molecule has 0 aliphatic carbocycles. The molecule has 1 fully saturated rings. The van der Waals surface area contributed by atoms with Gasteiger partial charge in [-0.05, 0) is 27.7 Å². The van der Waals surface area contributed by atoms with E-state index in [4.69, 9.17) is 9.47 Å². The Hall–Kier alpha value is -2.12. The number of piperazine rings is 1. The van der Waals surface area contributed by atoms with Gasteiger partial charge in [-0.1, -0.05) is 0 Å². The predicted octanol–water partition coefficient (Wildman–Crippen LogP) is 0.836. The second-order valence-corrected chi connectivity index (χ2v) is 7.91. The van der Waals surface area contributed by atoms with Gasteiger partial charge in [-0.2, -0.15) is 0 Å². The van der Waals surface area contributed by atoms with Gasteiger partial charge in [0, 0.05) is 40.0 Å². The van der Waals surface area contributed by atoms with Crippen molar-refractivity contribution in [2.45, 2.75) is 41.5 Å². The number of carbonyl (C=O) groups excluding carboxylic acids is 4. The van der Waals surface area contributed by atoms with E-state index < -0.39 is 22.8 Å². The third-order valence-corrected chi connectivity index (χ3v) is 4.28. The maximum Gasteiger partial charge on any atom is 0.302 e. The number of ether oxygens (including phenoxy) is 2. The van der Waals surface area contributed by atoms with E-state index in [-0.39, 0.29) is 25.0 Å². The van der Waals surface area contributed by atoms with Crippen LogP contribution in [0.1, 0.15) is 41.5 Å². The molecule has 1 heterocycles. The van der Waals surface area contributed by atoms with Crippen LogP contribution in [0.3, 0.4) is 0 Å². The van der Waals surface area contributed by atoms with Gasteiger partial charge in [0.05, 0.1) is 10.8 Å². The average molecular weight is 370 g/mol. The Morgan fingerprint density at radius 1 is 0.692 bits per heavy atom. The largest absolute Gasteiger partial charge is 0.465 e. The van der Waals surface area contributed by atoms with Crippen molar-refractivity contribution in [2.75, 3.05) is 39.4 Å². The number of carbonyl (C=O) groups is 4. The number of amides is 2. The number of nitrogens with zero attached hydrogens (tertiary/aromatic N) is 2. The third kappa shape index (κ3) is 6.00. The molecular formula is C18H30N2O6. The fourth-order valence-corrected chi connectivity index (χ4v) is 2.66. The summed E-state index contributed by atoms with van der Waals surface area (Å²) in [6, 6.07) is 0. The summed E-state index contributed by atoms with van der Waals surface area (Å²) in [7, 11) is 0. The fraction of sp³-hybridized carbons (Fsp3) is 0.778. The molecule has 0 aromatic carbocycles. The summed E-state index contributed by atoms with van der Waals surface area (Å²) < 4.78 is 9.95. The molecule has 0 saturated carbocycles. The van der Waals surface area contributed by atoms with E-state index in [1.54, 1.807) is 37.5 Å². The first kappa shape index (κ1) is 21.9. The Labute approximate surface area is 154 Å². The quantitative estimate of drug-likeness (QED) is 0.643. The Bertz CT molecular complexity index is 512. The van der Waals surface area contributed by atoms with Crippen LogP contribution in [0.2, 0.25) is 0 Å². The molecule has 0 unspecified atom stereocenters. The second-order valence-electron chi connectivity index (χ2n) is 7.91. The van der Waals surface area contributed by atoms with Crippen LogP contribution < -0.4 is 0 Å². The molecule has 1 rings (SSSR count). The smallest absolute Gasteiger partial charge is 0.302 e. The number of esters is 2. The highest BCUT2D eigenvalue weighted by Gasteiger charge is 2.38. The molecule has 1 aliphatic rings. The van der Waals surface area contributed by atoms with Gasteiger partial charge in [-0.3, -0.25) is 19.2 Å². The molecule has 0 N–H and O–H groups in total. The molecule has 0 radical (unpaired) electrons. The van der Waals surface area contributed by atoms with E-state index in [1.165, 1.54) is 13.8 Å². The summed E-state index contributed by atoms with van der Waals surface area (Å²) >= 11 is 0. The minimum Gasteiger partial charge on any atom is -0.465 e. The van der Waals surface area contributed by atoms with E-state index >= 15 is 0 Å². The summed E-state index contributed by atoms with van der Waals surface area (Å²) in [5, 5.41) is 0. The second kappa shape index (κ2) is 8.51. The molecule has 148 valence electrons. The number of rotatable bonds is 6. The maximum absolute atomic E-state index is 12.7. The minimum absolute atomic E-state index is 0.0235. The SMILES string of the molecule is CC(=O)OCC(C)(C)C(=O)N1CCN(C(=O)C(C)(C)COC(C)=O)CC1. The Balaban J connectivity index is 2.60. The Morgan fingerprint density at radius 2 is 0.962 bits per heavy atom. The molecule has 2 amide bonds. The number of hydrogen-bond acceptors (Lipinski definition) is 6. The van der Waals surface area contributed by atoms with Crippen LogP contribution in [0.5, 0.6) is 0 Å². The highest BCUT2D eigenvalue weighted by molar-refractivity contribution is 5.84. The lowest BCUT2D eigenvalue weighted by atomic mass is 9.91. The van der Waals surface area contributed by atoms with Crippen LogP contribution in [0.15, 0.2) is 0 Å². The van der Waals surface area contributed by atoms with Crippen molar-refractivity contribution >= 4 is 23.8 Å². The minimum atomic E-state index is -0.813. The van der Waals surface area contributed by atoms with Crippen molar-refractivity contribution in [3.63, 3.8) is 0 Å². The molecular weight excluding hydrogens is 340 g/mol. The summed E-state index contributed by atoms with van der Waals surface area (Å²) in [6.07, 6.45) is 0. The summed E-state index contributed by atoms with van der Waals surface area (Å²) in [5.41, 5.74) is -1.63. The van der Waals surface area contributed by atoms with Gasteiger partial charge in [-0.25, -0.2) is 0 Å². The van der Waals surface area contributed by atoms with Crippen LogP contribution >= 0.6 is 0 Å². The Kier molecular flexibility index (Phi) is 7.17. The molecule has 0 aromatic heterocycles. The molecule has 8 heteroatoms. The first-order chi connectivity index (χ1) is 11.9. The molecule has 0 aromatic rings. The van der Waals surface area contributed by atoms with Crippen LogP contribution in [-0.2, 0) is 28.7 Å². The van der Waals surface area contributed by atoms with Gasteiger partial charge >= 0.3 is 11.9 Å². The topological polar surface area (TPSA) is 93.2 Å². The summed E-state index contributed by atoms with van der Waals surface area (Å²) in [6.45, 7) is 11.3. The van der Waals surface area contributed by atoms with E-state index in [2.05, 4.69) is 0 Å². The van der Waals surface area contributed by atoms with E-state index in [1.807, 2.05) is 0 Å². The normalized spacial score (nSPS) is 15.5. The summed E-state index contributed by atoms with van der Waals surface area (Å²) in [4.78, 5) is 50.6. The Morgan fingerprint density at radius 3 is 1.19 bits per heavy atom. The predicted molar refractivity (Wildman–Crippen MR) is 94.0 cm³/mol. The van der Waals surface area contributed by atoms with Crippen molar-refractivity contribution in [3.8, 4) is 0 Å². The maximum atomic E-state index is 12.7. The highest BCUT2D eigenvalue weighted by Crippen LogP contribution is 2.23. The van der Waals surface area contributed by atoms with Crippen molar-refractivity contribution < 1.29 is 28.7 Å². The van der Waals surface area contributed by atoms with Gasteiger partial charge < -0.3 is 19.3 Å². The van der Waals surface area contributed by atoms with Gasteiger partial charge in [0.15, 0.2) is 0 Å². The zero-order valence-corrected chi connectivity index (χ0v) is 16.6. The molecule has 0 atom stereocenters. The number of hydrogen-bond donors (Lipinski definition) is 0. The highest BCUT2D eigenvalue weighted by atomic mass is 16.5. The third-order valence-electron chi connectivity index (χ3n) is 4.28. The molecule has 26 heavy (non-hydrogen) atoms. The molecule has 0 bridgehead atoms. The van der Waals surface area contributed by atoms with Crippen LogP contribution in [0, 0.1) is 10.8 Å². The van der Waals surface area contributed by atoms with Crippen molar-refractivity contribution in [2.24, 2.45) is 10.8 Å². The van der Waals surface area contributed by atoms with E-state index in [9.17, 15) is 19.2 Å². The van der Waals surface area contributed by atoms with Gasteiger partial charge in [0.1, 0.15) is 13.2 Å². The van der Waals surface area contributed by atoms with Crippen molar-refractivity contribution in [3.05, 3.63) is 0 Å². The monoisotopic (exact) mass is 370 g/mol. The first-order valence-electron chi connectivity index (χ1n) is 8.72. The zero-order valence-electron chi connectivity index (χ0n) is 16.6. The zero-order chi connectivity index (χ0) is 20.1. The lowest BCUT2D eigenvalue weighted by Crippen LogP contribution is -2.56. The van der Waals surface area contributed by atoms with Crippen LogP contribution in [0.4, 0.5) is 0 Å².